The third-order valence-corrected chi connectivity index (χ3v) is 9.41. The number of carbonyl (C=O) groups excluding carboxylic acids is 1. The van der Waals surface area contributed by atoms with Crippen molar-refractivity contribution in [1.82, 2.24) is 9.88 Å². The minimum Gasteiger partial charge on any atom is -0.459 e. The van der Waals surface area contributed by atoms with Gasteiger partial charge in [-0.2, -0.15) is 0 Å². The molecule has 0 spiro atoms. The molecule has 2 atom stereocenters. The van der Waals surface area contributed by atoms with Gasteiger partial charge in [0.05, 0.1) is 6.61 Å². The van der Waals surface area contributed by atoms with Crippen molar-refractivity contribution in [3.63, 3.8) is 0 Å². The summed E-state index contributed by atoms with van der Waals surface area (Å²) in [7, 11) is 0. The Morgan fingerprint density at radius 2 is 1.78 bits per heavy atom. The molecule has 8 heteroatoms. The number of benzene rings is 1. The van der Waals surface area contributed by atoms with Crippen LogP contribution in [0.25, 0.3) is 0 Å². The molecule has 2 saturated heterocycles. The number of hydrogen-bond acceptors (Lipinski definition) is 6. The fraction of sp³-hybridized carbons (Fsp3) is 0.683. The Hall–Kier alpha value is -1.52. The van der Waals surface area contributed by atoms with Gasteiger partial charge in [-0.25, -0.2) is 14.2 Å². The van der Waals surface area contributed by atoms with Crippen molar-refractivity contribution in [2.75, 3.05) is 38.2 Å². The fourth-order valence-electron chi connectivity index (χ4n) is 7.14. The minimum atomic E-state index is -0.615. The van der Waals surface area contributed by atoms with E-state index in [1.54, 1.807) is 6.07 Å². The Labute approximate surface area is 321 Å². The van der Waals surface area contributed by atoms with Crippen LogP contribution in [0.2, 0.25) is 0 Å². The molecule has 2 fully saturated rings. The maximum absolute atomic E-state index is 14.8. The van der Waals surface area contributed by atoms with Gasteiger partial charge in [-0.05, 0) is 111 Å². The second kappa shape index (κ2) is 21.8. The van der Waals surface area contributed by atoms with E-state index in [-0.39, 0.29) is 59.7 Å². The van der Waals surface area contributed by atoms with E-state index < -0.39 is 11.6 Å². The predicted octanol–water partition coefficient (Wildman–Crippen LogP) is 10.1. The van der Waals surface area contributed by atoms with Crippen molar-refractivity contribution in [3.05, 3.63) is 66.0 Å². The molecule has 0 radical (unpaired) electrons. The summed E-state index contributed by atoms with van der Waals surface area (Å²) in [5, 5.41) is 3.44. The van der Waals surface area contributed by atoms with E-state index >= 15 is 0 Å². The Kier molecular flexibility index (Phi) is 20.2. The number of esters is 1. The van der Waals surface area contributed by atoms with E-state index in [0.717, 1.165) is 68.7 Å². The zero-order valence-electron chi connectivity index (χ0n) is 32.4. The number of halogens is 1. The number of aromatic nitrogens is 1. The number of fused-ring (bicyclic) bond motifs is 1. The first kappa shape index (κ1) is 45.5. The molecule has 0 aliphatic carbocycles. The molecule has 6 nitrogen and oxygen atoms in total. The van der Waals surface area contributed by atoms with Gasteiger partial charge in [-0.3, -0.25) is 4.90 Å². The number of pyridine rings is 1. The van der Waals surface area contributed by atoms with Crippen molar-refractivity contribution in [2.24, 2.45) is 11.3 Å². The molecule has 4 heterocycles. The monoisotopic (exact) mass is 907 g/mol. The summed E-state index contributed by atoms with van der Waals surface area (Å²) in [6.07, 6.45) is 10.1. The topological polar surface area (TPSA) is 63.7 Å². The van der Waals surface area contributed by atoms with E-state index in [0.29, 0.717) is 19.1 Å². The SMILES string of the molecule is CC.CC.CC(C)(C)OC(=O)C(c1cc(F)ccc1C1CCOCC1(C)C)N1CC(CCCCCCc2ccc3c(n2)NCCC3)C1.[CH3-].[Pu]. The average molecular weight is 913 g/mol. The molecular formula is C41H67FN3O3Pu-. The summed E-state index contributed by atoms with van der Waals surface area (Å²) < 4.78 is 26.5. The zero-order chi connectivity index (χ0) is 34.6. The normalized spacial score (nSPS) is 19.0. The summed E-state index contributed by atoms with van der Waals surface area (Å²) in [5.41, 5.74) is 3.64. The number of unbranched alkanes of at least 4 members (excludes halogenated alkanes) is 3. The van der Waals surface area contributed by atoms with E-state index in [2.05, 4.69) is 36.2 Å². The molecule has 1 aromatic heterocycles. The van der Waals surface area contributed by atoms with Crippen LogP contribution in [0.4, 0.5) is 10.2 Å². The van der Waals surface area contributed by atoms with Gasteiger partial charge in [0.1, 0.15) is 23.3 Å². The molecule has 49 heavy (non-hydrogen) atoms. The smallest absolute Gasteiger partial charge is 0.328 e. The van der Waals surface area contributed by atoms with E-state index in [4.69, 9.17) is 14.5 Å². The van der Waals surface area contributed by atoms with E-state index in [9.17, 15) is 9.18 Å². The quantitative estimate of drug-likeness (QED) is 0.138. The number of anilines is 1. The first-order valence-electron chi connectivity index (χ1n) is 18.6. The molecule has 2 unspecified atom stereocenters. The molecule has 0 amide bonds. The number of aryl methyl sites for hydroxylation is 2. The second-order valence-corrected chi connectivity index (χ2v) is 14.7. The molecule has 1 aromatic carbocycles. The van der Waals surface area contributed by atoms with Crippen LogP contribution in [0.15, 0.2) is 30.3 Å². The van der Waals surface area contributed by atoms with Gasteiger partial charge in [0.2, 0.25) is 0 Å². The summed E-state index contributed by atoms with van der Waals surface area (Å²) in [6, 6.07) is 8.85. The van der Waals surface area contributed by atoms with Crippen molar-refractivity contribution in [3.8, 4) is 0 Å². The Morgan fingerprint density at radius 3 is 2.45 bits per heavy atom. The van der Waals surface area contributed by atoms with Crippen LogP contribution in [0.5, 0.6) is 0 Å². The van der Waals surface area contributed by atoms with E-state index in [1.165, 1.54) is 43.0 Å². The maximum atomic E-state index is 14.8. The number of rotatable bonds is 11. The molecule has 5 rings (SSSR count). The molecule has 0 bridgehead atoms. The molecule has 1 N–H and O–H groups in total. The van der Waals surface area contributed by atoms with Gasteiger partial charge in [0.25, 0.3) is 0 Å². The van der Waals surface area contributed by atoms with Crippen molar-refractivity contribution >= 4 is 11.8 Å². The van der Waals surface area contributed by atoms with Crippen LogP contribution in [0.3, 0.4) is 0 Å². The average Bonchev–Trinajstić information content (AvgIpc) is 3.02. The molecule has 3 aliphatic rings. The number of hydrogen-bond donors (Lipinski definition) is 1. The van der Waals surface area contributed by atoms with Gasteiger partial charge in [0.15, 0.2) is 0 Å². The number of ether oxygens (including phenoxy) is 2. The van der Waals surface area contributed by atoms with Crippen LogP contribution in [0.1, 0.15) is 142 Å². The number of nitrogens with one attached hydrogen (secondary N) is 1. The Bertz CT molecular complexity index is 1260. The Balaban J connectivity index is 0.00000193. The van der Waals surface area contributed by atoms with Gasteiger partial charge in [0, 0.05) is 61.1 Å². The molecule has 3 aliphatic heterocycles. The van der Waals surface area contributed by atoms with E-state index in [1.807, 2.05) is 54.5 Å². The summed E-state index contributed by atoms with van der Waals surface area (Å²) >= 11 is 0. The van der Waals surface area contributed by atoms with Crippen LogP contribution < -0.4 is 5.32 Å². The van der Waals surface area contributed by atoms with Crippen LogP contribution in [-0.4, -0.2) is 54.3 Å². The third-order valence-electron chi connectivity index (χ3n) is 9.41. The van der Waals surface area contributed by atoms with Crippen molar-refractivity contribution in [2.45, 2.75) is 138 Å². The second-order valence-electron chi connectivity index (χ2n) is 14.7. The predicted molar refractivity (Wildman–Crippen MR) is 199 cm³/mol. The fourth-order valence-corrected chi connectivity index (χ4v) is 7.14. The van der Waals surface area contributed by atoms with Gasteiger partial charge in [-0.15, -0.1) is 0 Å². The van der Waals surface area contributed by atoms with Crippen LogP contribution in [0, 0.1) is 53.8 Å². The molecule has 278 valence electrons. The summed E-state index contributed by atoms with van der Waals surface area (Å²) in [5.74, 6) is 1.23. The van der Waals surface area contributed by atoms with Crippen LogP contribution in [-0.2, 0) is 27.1 Å². The third kappa shape index (κ3) is 13.2. The largest absolute Gasteiger partial charge is 0.459 e. The van der Waals surface area contributed by atoms with Gasteiger partial charge >= 0.3 is 5.97 Å². The maximum Gasteiger partial charge on any atom is 0.328 e. The van der Waals surface area contributed by atoms with Crippen molar-refractivity contribution in [1.29, 1.82) is 0 Å². The molecule has 2 aromatic rings. The number of nitrogens with zero attached hydrogens (tertiary/aromatic N) is 2. The first-order valence-corrected chi connectivity index (χ1v) is 18.6. The standard InChI is InChI=1S/C36H52FN3O3.2C2H6.CH3.Pu/c1-35(2,3)43-34(41)32(30-21-27(37)15-17-29(30)31-18-20-42-24-36(31,4)5)40-22-25(23-40)11-8-6-7-9-13-28-16-14-26-12-10-19-38-33(26)39-28;2*1-2;;/h14-17,21,25,31-32H,6-13,18-20,22-24H2,1-5H3,(H,38,39);2*1-2H3;1H3;/q;;;-1;. The first-order chi connectivity index (χ1) is 22.5. The van der Waals surface area contributed by atoms with Gasteiger partial charge < -0.3 is 22.2 Å². The zero-order valence-corrected chi connectivity index (χ0v) is 35.8. The summed E-state index contributed by atoms with van der Waals surface area (Å²) in [6.45, 7) is 22.1. The van der Waals surface area contributed by atoms with Gasteiger partial charge in [-0.1, -0.05) is 72.9 Å². The minimum absolute atomic E-state index is 0. The molecular weight excluding hydrogens is 845 g/mol. The van der Waals surface area contributed by atoms with Crippen molar-refractivity contribution < 1.29 is 47.8 Å². The van der Waals surface area contributed by atoms with Crippen LogP contribution >= 0.6 is 0 Å². The Morgan fingerprint density at radius 1 is 1.08 bits per heavy atom. The molecule has 0 saturated carbocycles. The number of likely N-dealkylation sites (tertiary alicyclic amines) is 1. The number of carbonyl (C=O) groups is 1. The summed E-state index contributed by atoms with van der Waals surface area (Å²) in [4.78, 5) is 20.8.